The molecule has 190 valence electrons. The Bertz CT molecular complexity index is 1430. The van der Waals surface area contributed by atoms with E-state index in [0.29, 0.717) is 30.4 Å². The van der Waals surface area contributed by atoms with Crippen LogP contribution in [0.2, 0.25) is 0 Å². The molecule has 1 amide bonds. The summed E-state index contributed by atoms with van der Waals surface area (Å²) in [6.07, 6.45) is 0.788. The number of alkyl carbamates (subject to hydrolysis) is 1. The van der Waals surface area contributed by atoms with Crippen LogP contribution in [0.15, 0.2) is 88.1 Å². The highest BCUT2D eigenvalue weighted by atomic mass is 16.6. The van der Waals surface area contributed by atoms with Gasteiger partial charge in [-0.3, -0.25) is 0 Å². The number of nitrogens with one attached hydrogen (secondary N) is 1. The first kappa shape index (κ1) is 25.7. The summed E-state index contributed by atoms with van der Waals surface area (Å²) < 4.78 is 16.3. The SMILES string of the molecule is CCC[C@H](NC(=O)OCc1ccccc1)C(=O)Oc1ccc2c(C)c(Cc3ccccc3)c(=O)oc2c1. The maximum absolute atomic E-state index is 12.9. The highest BCUT2D eigenvalue weighted by molar-refractivity contribution is 5.86. The fraction of sp³-hybridized carbons (Fsp3) is 0.233. The van der Waals surface area contributed by atoms with Crippen LogP contribution >= 0.6 is 0 Å². The van der Waals surface area contributed by atoms with Crippen molar-refractivity contribution in [1.82, 2.24) is 5.32 Å². The molecule has 0 bridgehead atoms. The van der Waals surface area contributed by atoms with Crippen molar-refractivity contribution in [2.75, 3.05) is 0 Å². The molecule has 4 aromatic rings. The normalized spacial score (nSPS) is 11.6. The van der Waals surface area contributed by atoms with Crippen molar-refractivity contribution in [2.45, 2.75) is 45.8 Å². The van der Waals surface area contributed by atoms with E-state index in [9.17, 15) is 14.4 Å². The molecule has 1 aromatic heterocycles. The highest BCUT2D eigenvalue weighted by Crippen LogP contribution is 2.25. The van der Waals surface area contributed by atoms with Crippen molar-refractivity contribution >= 4 is 23.0 Å². The molecular formula is C30H29NO6. The van der Waals surface area contributed by atoms with Gasteiger partial charge in [-0.1, -0.05) is 74.0 Å². The highest BCUT2D eigenvalue weighted by Gasteiger charge is 2.23. The Labute approximate surface area is 215 Å². The molecule has 0 aliphatic carbocycles. The number of hydrogen-bond donors (Lipinski definition) is 1. The van der Waals surface area contributed by atoms with Crippen LogP contribution in [-0.2, 0) is 22.6 Å². The number of ether oxygens (including phenoxy) is 2. The number of carbonyl (C=O) groups is 2. The van der Waals surface area contributed by atoms with Gasteiger partial charge in [0.25, 0.3) is 0 Å². The molecule has 0 saturated carbocycles. The van der Waals surface area contributed by atoms with Crippen molar-refractivity contribution in [3.8, 4) is 5.75 Å². The lowest BCUT2D eigenvalue weighted by Gasteiger charge is -2.17. The van der Waals surface area contributed by atoms with E-state index in [-0.39, 0.29) is 12.4 Å². The number of benzene rings is 3. The van der Waals surface area contributed by atoms with Crippen LogP contribution in [0.4, 0.5) is 4.79 Å². The zero-order chi connectivity index (χ0) is 26.2. The number of carbonyl (C=O) groups excluding carboxylic acids is 2. The van der Waals surface area contributed by atoms with Crippen LogP contribution in [0, 0.1) is 6.92 Å². The van der Waals surface area contributed by atoms with Crippen LogP contribution in [-0.4, -0.2) is 18.1 Å². The Balaban J connectivity index is 1.45. The van der Waals surface area contributed by atoms with E-state index in [2.05, 4.69) is 5.32 Å². The molecule has 0 unspecified atom stereocenters. The summed E-state index contributed by atoms with van der Waals surface area (Å²) in [5.41, 5.74) is 3.16. The van der Waals surface area contributed by atoms with Crippen molar-refractivity contribution in [2.24, 2.45) is 0 Å². The molecule has 0 saturated heterocycles. The van der Waals surface area contributed by atoms with E-state index in [1.165, 1.54) is 6.07 Å². The van der Waals surface area contributed by atoms with E-state index in [1.54, 1.807) is 12.1 Å². The maximum atomic E-state index is 12.9. The molecule has 0 aliphatic rings. The smallest absolute Gasteiger partial charge is 0.408 e. The lowest BCUT2D eigenvalue weighted by atomic mass is 10.00. The molecule has 1 N–H and O–H groups in total. The van der Waals surface area contributed by atoms with E-state index >= 15 is 0 Å². The van der Waals surface area contributed by atoms with Gasteiger partial charge in [0.2, 0.25) is 0 Å². The van der Waals surface area contributed by atoms with Gasteiger partial charge in [0, 0.05) is 23.4 Å². The maximum Gasteiger partial charge on any atom is 0.408 e. The lowest BCUT2D eigenvalue weighted by molar-refractivity contribution is -0.136. The lowest BCUT2D eigenvalue weighted by Crippen LogP contribution is -2.43. The van der Waals surface area contributed by atoms with Crippen LogP contribution in [0.25, 0.3) is 11.0 Å². The van der Waals surface area contributed by atoms with Gasteiger partial charge in [0.1, 0.15) is 24.0 Å². The van der Waals surface area contributed by atoms with E-state index in [0.717, 1.165) is 22.1 Å². The third-order valence-corrected chi connectivity index (χ3v) is 6.07. The van der Waals surface area contributed by atoms with Crippen LogP contribution < -0.4 is 15.7 Å². The first-order valence-electron chi connectivity index (χ1n) is 12.2. The quantitative estimate of drug-likeness (QED) is 0.181. The average molecular weight is 500 g/mol. The fourth-order valence-corrected chi connectivity index (χ4v) is 4.07. The number of esters is 1. The van der Waals surface area contributed by atoms with Crippen molar-refractivity contribution in [3.63, 3.8) is 0 Å². The molecule has 1 heterocycles. The summed E-state index contributed by atoms with van der Waals surface area (Å²) in [7, 11) is 0. The molecule has 0 spiro atoms. The van der Waals surface area contributed by atoms with Gasteiger partial charge < -0.3 is 19.2 Å². The second-order valence-electron chi connectivity index (χ2n) is 8.78. The Kier molecular flexibility index (Phi) is 8.36. The summed E-state index contributed by atoms with van der Waals surface area (Å²) in [6, 6.07) is 23.0. The second-order valence-corrected chi connectivity index (χ2v) is 8.78. The molecule has 0 aliphatic heterocycles. The number of aryl methyl sites for hydroxylation is 1. The number of amides is 1. The summed E-state index contributed by atoms with van der Waals surface area (Å²) in [5, 5.41) is 3.35. The zero-order valence-corrected chi connectivity index (χ0v) is 20.9. The molecule has 7 heteroatoms. The standard InChI is InChI=1S/C30H29NO6/c1-3-10-26(31-30(34)35-19-22-13-8-5-9-14-22)29(33)36-23-15-16-24-20(2)25(28(32)37-27(24)18-23)17-21-11-6-4-7-12-21/h4-9,11-16,18,26H,3,10,17,19H2,1-2H3,(H,31,34)/t26-/m0/s1. The molecule has 1 atom stereocenters. The van der Waals surface area contributed by atoms with Crippen LogP contribution in [0.5, 0.6) is 5.75 Å². The Morgan fingerprint density at radius 3 is 2.30 bits per heavy atom. The monoisotopic (exact) mass is 499 g/mol. The van der Waals surface area contributed by atoms with E-state index in [1.807, 2.05) is 74.5 Å². The van der Waals surface area contributed by atoms with Crippen LogP contribution in [0.3, 0.4) is 0 Å². The first-order valence-corrected chi connectivity index (χ1v) is 12.2. The summed E-state index contributed by atoms with van der Waals surface area (Å²) in [5.74, 6) is -0.408. The minimum Gasteiger partial charge on any atom is -0.445 e. The van der Waals surface area contributed by atoms with E-state index < -0.39 is 23.7 Å². The number of hydrogen-bond acceptors (Lipinski definition) is 6. The predicted molar refractivity (Wildman–Crippen MR) is 141 cm³/mol. The molecule has 7 nitrogen and oxygen atoms in total. The van der Waals surface area contributed by atoms with Crippen LogP contribution in [0.1, 0.15) is 42.0 Å². The molecular weight excluding hydrogens is 470 g/mol. The minimum atomic E-state index is -0.883. The van der Waals surface area contributed by atoms with Gasteiger partial charge in [-0.25, -0.2) is 14.4 Å². The molecule has 3 aromatic carbocycles. The van der Waals surface area contributed by atoms with Gasteiger partial charge in [-0.2, -0.15) is 0 Å². The topological polar surface area (TPSA) is 94.8 Å². The molecule has 0 fully saturated rings. The summed E-state index contributed by atoms with van der Waals surface area (Å²) in [6.45, 7) is 3.87. The van der Waals surface area contributed by atoms with Gasteiger partial charge >= 0.3 is 17.7 Å². The van der Waals surface area contributed by atoms with Gasteiger partial charge in [0.15, 0.2) is 0 Å². The average Bonchev–Trinajstić information content (AvgIpc) is 2.90. The van der Waals surface area contributed by atoms with Gasteiger partial charge in [0.05, 0.1) is 0 Å². The molecule has 4 rings (SSSR count). The largest absolute Gasteiger partial charge is 0.445 e. The van der Waals surface area contributed by atoms with Crippen molar-refractivity contribution in [3.05, 3.63) is 112 Å². The summed E-state index contributed by atoms with van der Waals surface area (Å²) in [4.78, 5) is 37.9. The third kappa shape index (κ3) is 6.64. The van der Waals surface area contributed by atoms with Crippen molar-refractivity contribution < 1.29 is 23.5 Å². The van der Waals surface area contributed by atoms with Gasteiger partial charge in [-0.15, -0.1) is 0 Å². The third-order valence-electron chi connectivity index (χ3n) is 6.07. The summed E-state index contributed by atoms with van der Waals surface area (Å²) >= 11 is 0. The minimum absolute atomic E-state index is 0.0931. The fourth-order valence-electron chi connectivity index (χ4n) is 4.07. The van der Waals surface area contributed by atoms with Gasteiger partial charge in [-0.05, 0) is 42.2 Å². The first-order chi connectivity index (χ1) is 17.9. The Hall–Kier alpha value is -4.39. The second kappa shape index (κ2) is 12.0. The predicted octanol–water partition coefficient (Wildman–Crippen LogP) is 5.69. The van der Waals surface area contributed by atoms with E-state index in [4.69, 9.17) is 13.9 Å². The Morgan fingerprint density at radius 1 is 0.946 bits per heavy atom. The van der Waals surface area contributed by atoms with Crippen molar-refractivity contribution in [1.29, 1.82) is 0 Å². The zero-order valence-electron chi connectivity index (χ0n) is 20.9. The molecule has 0 radical (unpaired) electrons. The number of rotatable bonds is 9. The molecule has 37 heavy (non-hydrogen) atoms. The number of fused-ring (bicyclic) bond motifs is 1. The Morgan fingerprint density at radius 2 is 1.62 bits per heavy atom.